The Kier molecular flexibility index (Phi) is 3.44. The molecular weight excluding hydrogens is 236 g/mol. The van der Waals surface area contributed by atoms with Crippen molar-refractivity contribution in [3.8, 4) is 6.07 Å². The van der Waals surface area contributed by atoms with E-state index in [-0.39, 0.29) is 5.41 Å². The highest BCUT2D eigenvalue weighted by atomic mass is 16.3. The highest BCUT2D eigenvalue weighted by molar-refractivity contribution is 5.80. The average molecular weight is 254 g/mol. The fourth-order valence-electron chi connectivity index (χ4n) is 1.88. The second-order valence-electron chi connectivity index (χ2n) is 5.71. The molecule has 19 heavy (non-hydrogen) atoms. The van der Waals surface area contributed by atoms with Crippen LogP contribution in [0.25, 0.3) is 16.7 Å². The normalized spacial score (nSPS) is 12.7. The lowest BCUT2D eigenvalue weighted by Gasteiger charge is -2.11. The molecular formula is C16H18N2O. The number of aryl methyl sites for hydroxylation is 1. The number of rotatable bonds is 2. The van der Waals surface area contributed by atoms with Gasteiger partial charge in [0.2, 0.25) is 5.89 Å². The van der Waals surface area contributed by atoms with Crippen LogP contribution in [0.3, 0.4) is 0 Å². The van der Waals surface area contributed by atoms with Crippen LogP contribution in [0.5, 0.6) is 0 Å². The van der Waals surface area contributed by atoms with Crippen LogP contribution in [0.15, 0.2) is 28.7 Å². The summed E-state index contributed by atoms with van der Waals surface area (Å²) in [6.07, 6.45) is 2.84. The molecule has 0 N–H and O–H groups in total. The topological polar surface area (TPSA) is 49.8 Å². The second-order valence-corrected chi connectivity index (χ2v) is 5.71. The van der Waals surface area contributed by atoms with E-state index in [0.717, 1.165) is 17.5 Å². The van der Waals surface area contributed by atoms with Crippen LogP contribution in [0.2, 0.25) is 0 Å². The molecule has 1 heterocycles. The van der Waals surface area contributed by atoms with E-state index in [1.165, 1.54) is 5.56 Å². The summed E-state index contributed by atoms with van der Waals surface area (Å²) in [6, 6.07) is 8.13. The smallest absolute Gasteiger partial charge is 0.237 e. The van der Waals surface area contributed by atoms with E-state index in [9.17, 15) is 5.26 Å². The molecule has 2 aromatic rings. The van der Waals surface area contributed by atoms with Gasteiger partial charge in [-0.1, -0.05) is 39.8 Å². The molecule has 0 atom stereocenters. The van der Waals surface area contributed by atoms with Crippen molar-refractivity contribution in [2.45, 2.75) is 34.1 Å². The van der Waals surface area contributed by atoms with Crippen molar-refractivity contribution >= 4 is 16.7 Å². The van der Waals surface area contributed by atoms with Crippen molar-refractivity contribution in [3.05, 3.63) is 35.7 Å². The predicted octanol–water partition coefficient (Wildman–Crippen LogP) is 4.34. The number of hydrogen-bond acceptors (Lipinski definition) is 3. The Morgan fingerprint density at radius 3 is 2.74 bits per heavy atom. The number of oxazole rings is 1. The third kappa shape index (κ3) is 3.03. The van der Waals surface area contributed by atoms with E-state index >= 15 is 0 Å². The number of nitrogens with zero attached hydrogens (tertiary/aromatic N) is 2. The van der Waals surface area contributed by atoms with Crippen LogP contribution in [0, 0.1) is 16.7 Å². The van der Waals surface area contributed by atoms with Gasteiger partial charge in [-0.3, -0.25) is 0 Å². The molecule has 0 aliphatic carbocycles. The Balaban J connectivity index is 2.51. The van der Waals surface area contributed by atoms with Crippen LogP contribution >= 0.6 is 0 Å². The minimum Gasteiger partial charge on any atom is -0.435 e. The summed E-state index contributed by atoms with van der Waals surface area (Å²) in [5.41, 5.74) is 3.14. The van der Waals surface area contributed by atoms with Gasteiger partial charge in [0, 0.05) is 0 Å². The molecule has 3 nitrogen and oxygen atoms in total. The van der Waals surface area contributed by atoms with E-state index in [1.807, 2.05) is 45.0 Å². The molecule has 1 aromatic carbocycles. The lowest BCUT2D eigenvalue weighted by molar-refractivity contribution is 0.540. The molecule has 1 aromatic heterocycles. The number of nitriles is 1. The van der Waals surface area contributed by atoms with Gasteiger partial charge < -0.3 is 4.42 Å². The molecule has 0 radical (unpaired) electrons. The van der Waals surface area contributed by atoms with E-state index in [1.54, 1.807) is 0 Å². The summed E-state index contributed by atoms with van der Waals surface area (Å²) < 4.78 is 5.71. The Bertz CT molecular complexity index is 666. The first kappa shape index (κ1) is 13.4. The van der Waals surface area contributed by atoms with E-state index in [0.29, 0.717) is 11.5 Å². The number of hydrogen-bond donors (Lipinski definition) is 0. The van der Waals surface area contributed by atoms with Gasteiger partial charge in [0.05, 0.1) is 0 Å². The van der Waals surface area contributed by atoms with Crippen molar-refractivity contribution in [3.63, 3.8) is 0 Å². The predicted molar refractivity (Wildman–Crippen MR) is 76.4 cm³/mol. The maximum absolute atomic E-state index is 9.25. The zero-order valence-corrected chi connectivity index (χ0v) is 11.8. The van der Waals surface area contributed by atoms with Gasteiger partial charge in [0.1, 0.15) is 17.2 Å². The maximum atomic E-state index is 9.25. The first-order valence-electron chi connectivity index (χ1n) is 6.46. The summed E-state index contributed by atoms with van der Waals surface area (Å²) in [7, 11) is 0. The van der Waals surface area contributed by atoms with E-state index < -0.39 is 0 Å². The number of aromatic nitrogens is 1. The molecule has 0 aliphatic rings. The SMILES string of the molecule is CCc1ccc2nc(/C(C#N)=C/C(C)(C)C)oc2c1. The van der Waals surface area contributed by atoms with Crippen LogP contribution in [-0.4, -0.2) is 4.98 Å². The third-order valence-corrected chi connectivity index (χ3v) is 2.79. The number of benzene rings is 1. The van der Waals surface area contributed by atoms with Crippen LogP contribution in [0.1, 0.15) is 39.1 Å². The fourth-order valence-corrected chi connectivity index (χ4v) is 1.88. The third-order valence-electron chi connectivity index (χ3n) is 2.79. The summed E-state index contributed by atoms with van der Waals surface area (Å²) in [5, 5.41) is 9.25. The lowest BCUT2D eigenvalue weighted by Crippen LogP contribution is -2.00. The molecule has 98 valence electrons. The first-order chi connectivity index (χ1) is 8.93. The van der Waals surface area contributed by atoms with Crippen LogP contribution in [-0.2, 0) is 6.42 Å². The molecule has 0 saturated heterocycles. The van der Waals surface area contributed by atoms with Gasteiger partial charge in [-0.25, -0.2) is 4.98 Å². The molecule has 0 bridgehead atoms. The highest BCUT2D eigenvalue weighted by Crippen LogP contribution is 2.26. The summed E-state index contributed by atoms with van der Waals surface area (Å²) in [6.45, 7) is 8.23. The lowest BCUT2D eigenvalue weighted by atomic mass is 9.94. The quantitative estimate of drug-likeness (QED) is 0.749. The average Bonchev–Trinajstić information content (AvgIpc) is 2.77. The highest BCUT2D eigenvalue weighted by Gasteiger charge is 2.15. The number of allylic oxidation sites excluding steroid dienone is 2. The zero-order chi connectivity index (χ0) is 14.0. The summed E-state index contributed by atoms with van der Waals surface area (Å²) >= 11 is 0. The van der Waals surface area contributed by atoms with Gasteiger partial charge in [0.25, 0.3) is 0 Å². The number of fused-ring (bicyclic) bond motifs is 1. The van der Waals surface area contributed by atoms with Gasteiger partial charge in [-0.2, -0.15) is 5.26 Å². The Morgan fingerprint density at radius 2 is 2.16 bits per heavy atom. The largest absolute Gasteiger partial charge is 0.435 e. The van der Waals surface area contributed by atoms with Crippen molar-refractivity contribution in [2.24, 2.45) is 5.41 Å². The Hall–Kier alpha value is -2.08. The van der Waals surface area contributed by atoms with Gasteiger partial charge in [-0.15, -0.1) is 0 Å². The second kappa shape index (κ2) is 4.89. The summed E-state index contributed by atoms with van der Waals surface area (Å²) in [4.78, 5) is 4.39. The van der Waals surface area contributed by atoms with Gasteiger partial charge >= 0.3 is 0 Å². The van der Waals surface area contributed by atoms with Crippen molar-refractivity contribution < 1.29 is 4.42 Å². The Labute approximate surface area is 113 Å². The standard InChI is InChI=1S/C16H18N2O/c1-5-11-6-7-13-14(8-11)19-15(18-13)12(10-17)9-16(2,3)4/h6-9H,5H2,1-4H3/b12-9+. The molecule has 0 unspecified atom stereocenters. The molecule has 2 rings (SSSR count). The minimum absolute atomic E-state index is 0.0830. The summed E-state index contributed by atoms with van der Waals surface area (Å²) in [5.74, 6) is 0.403. The van der Waals surface area contributed by atoms with Gasteiger partial charge in [0.15, 0.2) is 5.58 Å². The Morgan fingerprint density at radius 1 is 1.42 bits per heavy atom. The molecule has 0 saturated carbocycles. The minimum atomic E-state index is -0.0830. The van der Waals surface area contributed by atoms with Crippen molar-refractivity contribution in [1.82, 2.24) is 4.98 Å². The van der Waals surface area contributed by atoms with Crippen molar-refractivity contribution in [2.75, 3.05) is 0 Å². The van der Waals surface area contributed by atoms with E-state index in [4.69, 9.17) is 4.42 Å². The molecule has 0 aliphatic heterocycles. The maximum Gasteiger partial charge on any atom is 0.237 e. The zero-order valence-electron chi connectivity index (χ0n) is 11.8. The van der Waals surface area contributed by atoms with Crippen molar-refractivity contribution in [1.29, 1.82) is 5.26 Å². The van der Waals surface area contributed by atoms with Crippen LogP contribution in [0.4, 0.5) is 0 Å². The monoisotopic (exact) mass is 254 g/mol. The van der Waals surface area contributed by atoms with Crippen LogP contribution < -0.4 is 0 Å². The van der Waals surface area contributed by atoms with E-state index in [2.05, 4.69) is 18.0 Å². The fraction of sp³-hybridized carbons (Fsp3) is 0.375. The molecule has 0 amide bonds. The molecule has 3 heteroatoms. The molecule has 0 fully saturated rings. The first-order valence-corrected chi connectivity index (χ1v) is 6.46. The van der Waals surface area contributed by atoms with Gasteiger partial charge in [-0.05, 0) is 29.5 Å². The molecule has 0 spiro atoms.